The van der Waals surface area contributed by atoms with Crippen LogP contribution in [-0.4, -0.2) is 55.8 Å². The molecule has 1 saturated heterocycles. The Morgan fingerprint density at radius 1 is 1.07 bits per heavy atom. The van der Waals surface area contributed by atoms with Crippen LogP contribution in [-0.2, 0) is 14.8 Å². The second-order valence-electron chi connectivity index (χ2n) is 6.80. The molecule has 1 amide bonds. The van der Waals surface area contributed by atoms with Gasteiger partial charge in [0.15, 0.2) is 0 Å². The number of hydrogen-bond donors (Lipinski definition) is 1. The van der Waals surface area contributed by atoms with Crippen molar-refractivity contribution in [2.75, 3.05) is 31.5 Å². The standard InChI is InChI=1S/C19H19Cl2F2N3O3S/c1-12(19(27)24-17-5-3-14(22)11-16(17)23)25-6-8-26(9-7-25)30(28,29)18-10-13(20)2-4-15(18)21/h2-5,10-12H,6-9H2,1H3,(H,24,27). The van der Waals surface area contributed by atoms with Crippen molar-refractivity contribution in [1.29, 1.82) is 0 Å². The molecule has 2 aromatic carbocycles. The van der Waals surface area contributed by atoms with Gasteiger partial charge in [-0.2, -0.15) is 4.31 Å². The molecule has 0 radical (unpaired) electrons. The maximum absolute atomic E-state index is 13.8. The molecule has 0 aliphatic carbocycles. The zero-order valence-electron chi connectivity index (χ0n) is 15.9. The second-order valence-corrected chi connectivity index (χ2v) is 9.55. The summed E-state index contributed by atoms with van der Waals surface area (Å²) >= 11 is 11.9. The summed E-state index contributed by atoms with van der Waals surface area (Å²) in [6, 6.07) is 6.47. The maximum atomic E-state index is 13.8. The van der Waals surface area contributed by atoms with E-state index in [9.17, 15) is 22.0 Å². The van der Waals surface area contributed by atoms with E-state index in [0.717, 1.165) is 12.1 Å². The van der Waals surface area contributed by atoms with Gasteiger partial charge in [0.1, 0.15) is 16.5 Å². The van der Waals surface area contributed by atoms with Gasteiger partial charge in [0.05, 0.1) is 16.8 Å². The molecule has 1 fully saturated rings. The van der Waals surface area contributed by atoms with Crippen molar-refractivity contribution < 1.29 is 22.0 Å². The number of piperazine rings is 1. The van der Waals surface area contributed by atoms with E-state index in [4.69, 9.17) is 23.2 Å². The van der Waals surface area contributed by atoms with E-state index >= 15 is 0 Å². The van der Waals surface area contributed by atoms with Crippen LogP contribution in [0.15, 0.2) is 41.3 Å². The first-order chi connectivity index (χ1) is 14.1. The van der Waals surface area contributed by atoms with Crippen molar-refractivity contribution in [2.45, 2.75) is 17.9 Å². The molecule has 1 heterocycles. The van der Waals surface area contributed by atoms with Gasteiger partial charge in [-0.15, -0.1) is 0 Å². The molecule has 0 aromatic heterocycles. The molecule has 1 aliphatic rings. The number of nitrogens with one attached hydrogen (secondary N) is 1. The number of anilines is 1. The van der Waals surface area contributed by atoms with E-state index in [1.54, 1.807) is 11.8 Å². The number of nitrogens with zero attached hydrogens (tertiary/aromatic N) is 2. The number of rotatable bonds is 5. The van der Waals surface area contributed by atoms with Gasteiger partial charge in [-0.25, -0.2) is 17.2 Å². The average molecular weight is 478 g/mol. The lowest BCUT2D eigenvalue weighted by molar-refractivity contribution is -0.121. The van der Waals surface area contributed by atoms with Crippen LogP contribution < -0.4 is 5.32 Å². The van der Waals surface area contributed by atoms with Gasteiger partial charge in [0.2, 0.25) is 15.9 Å². The number of amides is 1. The monoisotopic (exact) mass is 477 g/mol. The molecule has 1 aliphatic heterocycles. The first kappa shape index (κ1) is 22.9. The summed E-state index contributed by atoms with van der Waals surface area (Å²) in [7, 11) is -3.84. The smallest absolute Gasteiger partial charge is 0.244 e. The Morgan fingerprint density at radius 3 is 2.37 bits per heavy atom. The first-order valence-electron chi connectivity index (χ1n) is 9.05. The minimum atomic E-state index is -3.84. The molecule has 6 nitrogen and oxygen atoms in total. The van der Waals surface area contributed by atoms with Gasteiger partial charge in [0.25, 0.3) is 0 Å². The van der Waals surface area contributed by atoms with Gasteiger partial charge in [-0.3, -0.25) is 9.69 Å². The molecule has 30 heavy (non-hydrogen) atoms. The lowest BCUT2D eigenvalue weighted by Crippen LogP contribution is -2.54. The number of sulfonamides is 1. The minimum absolute atomic E-state index is 0.0670. The summed E-state index contributed by atoms with van der Waals surface area (Å²) in [5.74, 6) is -2.09. The van der Waals surface area contributed by atoms with Crippen molar-refractivity contribution in [2.24, 2.45) is 0 Å². The van der Waals surface area contributed by atoms with Crippen LogP contribution in [0, 0.1) is 11.6 Å². The van der Waals surface area contributed by atoms with Crippen LogP contribution >= 0.6 is 23.2 Å². The number of hydrogen-bond acceptors (Lipinski definition) is 4. The second kappa shape index (κ2) is 9.15. The number of carbonyl (C=O) groups excluding carboxylic acids is 1. The van der Waals surface area contributed by atoms with Crippen molar-refractivity contribution >= 4 is 44.8 Å². The van der Waals surface area contributed by atoms with Crippen molar-refractivity contribution in [1.82, 2.24) is 9.21 Å². The van der Waals surface area contributed by atoms with E-state index in [2.05, 4.69) is 5.32 Å². The van der Waals surface area contributed by atoms with Crippen LogP contribution in [0.1, 0.15) is 6.92 Å². The lowest BCUT2D eigenvalue weighted by atomic mass is 10.2. The Labute approximate surface area is 183 Å². The highest BCUT2D eigenvalue weighted by molar-refractivity contribution is 7.89. The quantitative estimate of drug-likeness (QED) is 0.713. The van der Waals surface area contributed by atoms with Crippen LogP contribution in [0.4, 0.5) is 14.5 Å². The molecule has 1 atom stereocenters. The lowest BCUT2D eigenvalue weighted by Gasteiger charge is -2.36. The molecule has 0 bridgehead atoms. The molecule has 1 unspecified atom stereocenters. The van der Waals surface area contributed by atoms with E-state index < -0.39 is 33.6 Å². The summed E-state index contributed by atoms with van der Waals surface area (Å²) < 4.78 is 53.8. The Balaban J connectivity index is 1.64. The maximum Gasteiger partial charge on any atom is 0.244 e. The Hall–Kier alpha value is -1.78. The van der Waals surface area contributed by atoms with Gasteiger partial charge < -0.3 is 5.32 Å². The molecule has 3 rings (SSSR count). The molecule has 2 aromatic rings. The molecule has 11 heteroatoms. The van der Waals surface area contributed by atoms with E-state index in [1.807, 2.05) is 0 Å². The average Bonchev–Trinajstić information content (AvgIpc) is 2.71. The topological polar surface area (TPSA) is 69.7 Å². The normalized spacial score (nSPS) is 17.0. The highest BCUT2D eigenvalue weighted by Crippen LogP contribution is 2.28. The number of benzene rings is 2. The van der Waals surface area contributed by atoms with Crippen molar-refractivity contribution in [3.63, 3.8) is 0 Å². The summed E-state index contributed by atoms with van der Waals surface area (Å²) in [4.78, 5) is 14.2. The predicted molar refractivity (Wildman–Crippen MR) is 111 cm³/mol. The van der Waals surface area contributed by atoms with Gasteiger partial charge in [-0.1, -0.05) is 23.2 Å². The fraction of sp³-hybridized carbons (Fsp3) is 0.316. The fourth-order valence-electron chi connectivity index (χ4n) is 3.14. The summed E-state index contributed by atoms with van der Waals surface area (Å²) in [6.07, 6.45) is 0. The molecular weight excluding hydrogens is 459 g/mol. The van der Waals surface area contributed by atoms with Crippen LogP contribution in [0.5, 0.6) is 0 Å². The summed E-state index contributed by atoms with van der Waals surface area (Å²) in [6.45, 7) is 2.51. The SMILES string of the molecule is CC(C(=O)Nc1ccc(F)cc1F)N1CCN(S(=O)(=O)c2cc(Cl)ccc2Cl)CC1. The van der Waals surface area contributed by atoms with E-state index in [1.165, 1.54) is 22.5 Å². The van der Waals surface area contributed by atoms with Crippen LogP contribution in [0.2, 0.25) is 10.0 Å². The highest BCUT2D eigenvalue weighted by atomic mass is 35.5. The Bertz CT molecular complexity index is 1060. The Kier molecular flexibility index (Phi) is 6.98. The Morgan fingerprint density at radius 2 is 1.73 bits per heavy atom. The zero-order valence-corrected chi connectivity index (χ0v) is 18.2. The number of carbonyl (C=O) groups is 1. The van der Waals surface area contributed by atoms with Crippen LogP contribution in [0.25, 0.3) is 0 Å². The minimum Gasteiger partial charge on any atom is -0.322 e. The van der Waals surface area contributed by atoms with Gasteiger partial charge >= 0.3 is 0 Å². The largest absolute Gasteiger partial charge is 0.322 e. The molecule has 162 valence electrons. The third kappa shape index (κ3) is 4.92. The zero-order chi connectivity index (χ0) is 22.1. The fourth-order valence-corrected chi connectivity index (χ4v) is 5.30. The van der Waals surface area contributed by atoms with Crippen molar-refractivity contribution in [3.05, 3.63) is 58.1 Å². The third-order valence-corrected chi connectivity index (χ3v) is 7.52. The molecule has 0 spiro atoms. The number of halogens is 4. The molecule has 0 saturated carbocycles. The van der Waals surface area contributed by atoms with Crippen LogP contribution in [0.3, 0.4) is 0 Å². The van der Waals surface area contributed by atoms with E-state index in [-0.39, 0.29) is 46.8 Å². The first-order valence-corrected chi connectivity index (χ1v) is 11.2. The molecular formula is C19H19Cl2F2N3O3S. The highest BCUT2D eigenvalue weighted by Gasteiger charge is 2.33. The van der Waals surface area contributed by atoms with E-state index in [0.29, 0.717) is 6.07 Å². The van der Waals surface area contributed by atoms with Gasteiger partial charge in [-0.05, 0) is 37.3 Å². The predicted octanol–water partition coefficient (Wildman–Crippen LogP) is 3.61. The van der Waals surface area contributed by atoms with Crippen molar-refractivity contribution in [3.8, 4) is 0 Å². The summed E-state index contributed by atoms with van der Waals surface area (Å²) in [5, 5.41) is 2.77. The third-order valence-electron chi connectivity index (χ3n) is 4.90. The molecule has 1 N–H and O–H groups in total. The van der Waals surface area contributed by atoms with Gasteiger partial charge in [0, 0.05) is 37.3 Å². The summed E-state index contributed by atoms with van der Waals surface area (Å²) in [5.41, 5.74) is -0.120.